The van der Waals surface area contributed by atoms with E-state index in [9.17, 15) is 13.2 Å². The number of benzene rings is 1. The highest BCUT2D eigenvalue weighted by Gasteiger charge is 2.30. The molecule has 0 aliphatic carbocycles. The molecular formula is C17H25Cl2N3O3S. The zero-order valence-corrected chi connectivity index (χ0v) is 17.0. The highest BCUT2D eigenvalue weighted by Crippen LogP contribution is 2.21. The van der Waals surface area contributed by atoms with E-state index in [1.54, 1.807) is 17.0 Å². The molecule has 2 fully saturated rings. The smallest absolute Gasteiger partial charge is 0.243 e. The van der Waals surface area contributed by atoms with E-state index in [4.69, 9.17) is 11.6 Å². The maximum Gasteiger partial charge on any atom is 0.243 e. The van der Waals surface area contributed by atoms with Crippen LogP contribution in [0.2, 0.25) is 5.02 Å². The van der Waals surface area contributed by atoms with E-state index in [0.717, 1.165) is 25.9 Å². The number of rotatable bonds is 5. The molecule has 1 atom stereocenters. The Balaban J connectivity index is 0.00000243. The number of hydrogen-bond acceptors (Lipinski definition) is 4. The van der Waals surface area contributed by atoms with Gasteiger partial charge in [0, 0.05) is 37.6 Å². The Hall–Kier alpha value is -0.860. The van der Waals surface area contributed by atoms with Crippen molar-refractivity contribution < 1.29 is 13.2 Å². The predicted octanol–water partition coefficient (Wildman–Crippen LogP) is 1.98. The molecule has 1 N–H and O–H groups in total. The maximum atomic E-state index is 12.6. The molecular weight excluding hydrogens is 397 g/mol. The molecule has 0 saturated carbocycles. The van der Waals surface area contributed by atoms with Gasteiger partial charge >= 0.3 is 0 Å². The number of amides is 1. The van der Waals surface area contributed by atoms with Gasteiger partial charge in [-0.3, -0.25) is 4.79 Å². The second-order valence-corrected chi connectivity index (χ2v) is 9.01. The SMILES string of the molecule is Cl.O=C(CCC1CCNC1)N1CCN(S(=O)(=O)c2ccc(Cl)cc2)CC1. The van der Waals surface area contributed by atoms with Crippen LogP contribution in [-0.2, 0) is 14.8 Å². The lowest BCUT2D eigenvalue weighted by Crippen LogP contribution is -2.50. The van der Waals surface area contributed by atoms with E-state index in [0.29, 0.717) is 43.5 Å². The molecule has 2 heterocycles. The van der Waals surface area contributed by atoms with Gasteiger partial charge in [-0.25, -0.2) is 8.42 Å². The van der Waals surface area contributed by atoms with Crippen LogP contribution in [-0.4, -0.2) is 62.8 Å². The molecule has 1 aromatic carbocycles. The fourth-order valence-electron chi connectivity index (χ4n) is 3.38. The van der Waals surface area contributed by atoms with Gasteiger partial charge in [-0.15, -0.1) is 12.4 Å². The van der Waals surface area contributed by atoms with Crippen LogP contribution in [0.1, 0.15) is 19.3 Å². The quantitative estimate of drug-likeness (QED) is 0.788. The molecule has 2 saturated heterocycles. The van der Waals surface area contributed by atoms with Crippen molar-refractivity contribution >= 4 is 39.9 Å². The summed E-state index contributed by atoms with van der Waals surface area (Å²) in [5.74, 6) is 0.728. The second kappa shape index (κ2) is 9.37. The molecule has 1 aromatic rings. The van der Waals surface area contributed by atoms with Gasteiger partial charge in [0.1, 0.15) is 0 Å². The third kappa shape index (κ3) is 5.10. The van der Waals surface area contributed by atoms with Gasteiger partial charge in [0.25, 0.3) is 0 Å². The average molecular weight is 422 g/mol. The largest absolute Gasteiger partial charge is 0.340 e. The van der Waals surface area contributed by atoms with Crippen LogP contribution in [0.4, 0.5) is 0 Å². The first-order valence-electron chi connectivity index (χ1n) is 8.71. The monoisotopic (exact) mass is 421 g/mol. The summed E-state index contributed by atoms with van der Waals surface area (Å²) in [4.78, 5) is 14.4. The molecule has 146 valence electrons. The molecule has 1 amide bonds. The lowest BCUT2D eigenvalue weighted by molar-refractivity contribution is -0.132. The lowest BCUT2D eigenvalue weighted by Gasteiger charge is -2.34. The van der Waals surface area contributed by atoms with E-state index in [2.05, 4.69) is 5.32 Å². The number of carbonyl (C=O) groups is 1. The van der Waals surface area contributed by atoms with Gasteiger partial charge in [-0.05, 0) is 56.1 Å². The minimum absolute atomic E-state index is 0. The van der Waals surface area contributed by atoms with Gasteiger partial charge in [0.05, 0.1) is 4.90 Å². The van der Waals surface area contributed by atoms with Crippen molar-refractivity contribution in [2.75, 3.05) is 39.3 Å². The average Bonchev–Trinajstić information content (AvgIpc) is 3.14. The molecule has 6 nitrogen and oxygen atoms in total. The fourth-order valence-corrected chi connectivity index (χ4v) is 4.93. The molecule has 0 bridgehead atoms. The number of carbonyl (C=O) groups excluding carboxylic acids is 1. The van der Waals surface area contributed by atoms with Crippen molar-refractivity contribution in [1.82, 2.24) is 14.5 Å². The number of halogens is 2. The van der Waals surface area contributed by atoms with E-state index in [-0.39, 0.29) is 23.2 Å². The highest BCUT2D eigenvalue weighted by atomic mass is 35.5. The lowest BCUT2D eigenvalue weighted by atomic mass is 10.0. The molecule has 0 spiro atoms. The Kier molecular flexibility index (Phi) is 7.73. The number of nitrogens with one attached hydrogen (secondary N) is 1. The zero-order valence-electron chi connectivity index (χ0n) is 14.6. The van der Waals surface area contributed by atoms with Crippen LogP contribution in [0.3, 0.4) is 0 Å². The summed E-state index contributed by atoms with van der Waals surface area (Å²) in [5.41, 5.74) is 0. The van der Waals surface area contributed by atoms with Gasteiger partial charge in [0.2, 0.25) is 15.9 Å². The Labute approximate surface area is 166 Å². The molecule has 0 aromatic heterocycles. The normalized spacial score (nSPS) is 21.4. The van der Waals surface area contributed by atoms with Crippen molar-refractivity contribution in [2.24, 2.45) is 5.92 Å². The summed E-state index contributed by atoms with van der Waals surface area (Å²) in [6.45, 7) is 3.62. The van der Waals surface area contributed by atoms with E-state index < -0.39 is 10.0 Å². The Morgan fingerprint density at radius 3 is 2.38 bits per heavy atom. The Bertz CT molecular complexity index is 698. The second-order valence-electron chi connectivity index (χ2n) is 6.64. The zero-order chi connectivity index (χ0) is 17.9. The van der Waals surface area contributed by atoms with Crippen molar-refractivity contribution in [3.8, 4) is 0 Å². The van der Waals surface area contributed by atoms with E-state index in [1.165, 1.54) is 16.4 Å². The minimum atomic E-state index is -3.52. The summed E-state index contributed by atoms with van der Waals surface area (Å²) in [6, 6.07) is 6.19. The van der Waals surface area contributed by atoms with E-state index >= 15 is 0 Å². The molecule has 3 rings (SSSR count). The summed E-state index contributed by atoms with van der Waals surface area (Å²) < 4.78 is 26.7. The number of piperazine rings is 1. The maximum absolute atomic E-state index is 12.6. The molecule has 1 unspecified atom stereocenters. The van der Waals surface area contributed by atoms with Gasteiger partial charge in [0.15, 0.2) is 0 Å². The number of sulfonamides is 1. The first-order valence-corrected chi connectivity index (χ1v) is 10.5. The number of hydrogen-bond donors (Lipinski definition) is 1. The first-order chi connectivity index (χ1) is 12.0. The summed E-state index contributed by atoms with van der Waals surface area (Å²) in [7, 11) is -3.52. The first kappa shape index (κ1) is 21.4. The molecule has 26 heavy (non-hydrogen) atoms. The van der Waals surface area contributed by atoms with Crippen LogP contribution in [0.15, 0.2) is 29.2 Å². The van der Waals surface area contributed by atoms with Crippen molar-refractivity contribution in [1.29, 1.82) is 0 Å². The van der Waals surface area contributed by atoms with Crippen LogP contribution in [0.25, 0.3) is 0 Å². The Morgan fingerprint density at radius 1 is 1.15 bits per heavy atom. The van der Waals surface area contributed by atoms with Crippen LogP contribution in [0, 0.1) is 5.92 Å². The van der Waals surface area contributed by atoms with E-state index in [1.807, 2.05) is 0 Å². The minimum Gasteiger partial charge on any atom is -0.340 e. The summed E-state index contributed by atoms with van der Waals surface area (Å²) in [5, 5.41) is 3.82. The standard InChI is InChI=1S/C17H24ClN3O3S.ClH/c18-15-2-4-16(5-3-15)25(23,24)21-11-9-20(10-12-21)17(22)6-1-14-7-8-19-13-14;/h2-5,14,19H,1,6-13H2;1H. The van der Waals surface area contributed by atoms with Crippen molar-refractivity contribution in [3.63, 3.8) is 0 Å². The van der Waals surface area contributed by atoms with Gasteiger partial charge in [-0.1, -0.05) is 11.6 Å². The third-order valence-electron chi connectivity index (χ3n) is 4.97. The Morgan fingerprint density at radius 2 is 1.81 bits per heavy atom. The summed E-state index contributed by atoms with van der Waals surface area (Å²) >= 11 is 5.82. The van der Waals surface area contributed by atoms with Crippen molar-refractivity contribution in [2.45, 2.75) is 24.2 Å². The highest BCUT2D eigenvalue weighted by molar-refractivity contribution is 7.89. The fraction of sp³-hybridized carbons (Fsp3) is 0.588. The number of nitrogens with zero attached hydrogens (tertiary/aromatic N) is 2. The van der Waals surface area contributed by atoms with Crippen LogP contribution < -0.4 is 5.32 Å². The third-order valence-corrected chi connectivity index (χ3v) is 7.14. The molecule has 0 radical (unpaired) electrons. The van der Waals surface area contributed by atoms with Crippen LogP contribution >= 0.6 is 24.0 Å². The van der Waals surface area contributed by atoms with Crippen LogP contribution in [0.5, 0.6) is 0 Å². The predicted molar refractivity (Wildman–Crippen MR) is 104 cm³/mol. The van der Waals surface area contributed by atoms with Crippen molar-refractivity contribution in [3.05, 3.63) is 29.3 Å². The van der Waals surface area contributed by atoms with Gasteiger partial charge < -0.3 is 10.2 Å². The summed E-state index contributed by atoms with van der Waals surface area (Å²) in [6.07, 6.45) is 2.60. The van der Waals surface area contributed by atoms with Gasteiger partial charge in [-0.2, -0.15) is 4.31 Å². The molecule has 2 aliphatic rings. The molecule has 2 aliphatic heterocycles. The molecule has 9 heteroatoms. The topological polar surface area (TPSA) is 69.7 Å².